The molecule has 0 saturated heterocycles. The summed E-state index contributed by atoms with van der Waals surface area (Å²) in [6, 6.07) is 0.0137. The zero-order chi connectivity index (χ0) is 14.2. The van der Waals surface area contributed by atoms with Gasteiger partial charge in [-0.2, -0.15) is 10.2 Å². The molecule has 0 aliphatic carbocycles. The maximum atomic E-state index is 5.71. The van der Waals surface area contributed by atoms with Gasteiger partial charge in [-0.05, 0) is 29.8 Å². The van der Waals surface area contributed by atoms with Crippen LogP contribution in [0, 0.1) is 13.8 Å². The van der Waals surface area contributed by atoms with Crippen molar-refractivity contribution in [3.05, 3.63) is 33.3 Å². The van der Waals surface area contributed by atoms with Crippen LogP contribution in [0.5, 0.6) is 0 Å². The number of aryl methyl sites for hydroxylation is 3. The molecule has 0 aliphatic heterocycles. The summed E-state index contributed by atoms with van der Waals surface area (Å²) >= 11 is 3.58. The fraction of sp³-hybridized carbons (Fsp3) is 0.500. The highest BCUT2D eigenvalue weighted by atomic mass is 79.9. The molecule has 2 rings (SSSR count). The van der Waals surface area contributed by atoms with Crippen LogP contribution in [0.25, 0.3) is 0 Å². The monoisotopic (exact) mass is 326 g/mol. The number of nitrogens with one attached hydrogen (secondary N) is 1. The van der Waals surface area contributed by atoms with E-state index in [1.807, 2.05) is 43.5 Å². The maximum absolute atomic E-state index is 5.71. The smallest absolute Gasteiger partial charge is 0.0738 e. The van der Waals surface area contributed by atoms with E-state index in [0.717, 1.165) is 33.5 Å². The summed E-state index contributed by atoms with van der Waals surface area (Å²) in [4.78, 5) is 0. The standard InChI is InChI=1S/C12H19BrN6/c1-7-12(13)11(19(4)17-7)5-10(16-14)9-6-15-18(3)8(9)2/h6,10,16H,5,14H2,1-4H3. The molecule has 2 aromatic heterocycles. The molecule has 7 heteroatoms. The highest BCUT2D eigenvalue weighted by molar-refractivity contribution is 9.10. The number of aromatic nitrogens is 4. The van der Waals surface area contributed by atoms with Crippen LogP contribution in [0.1, 0.15) is 28.7 Å². The Morgan fingerprint density at radius 2 is 2.05 bits per heavy atom. The van der Waals surface area contributed by atoms with Gasteiger partial charge in [0.15, 0.2) is 0 Å². The molecule has 0 spiro atoms. The van der Waals surface area contributed by atoms with Crippen molar-refractivity contribution in [2.45, 2.75) is 26.3 Å². The fourth-order valence-corrected chi connectivity index (χ4v) is 2.71. The van der Waals surface area contributed by atoms with Crippen LogP contribution in [0.3, 0.4) is 0 Å². The average molecular weight is 327 g/mol. The number of hydrazine groups is 1. The summed E-state index contributed by atoms with van der Waals surface area (Å²) in [7, 11) is 3.87. The van der Waals surface area contributed by atoms with Crippen LogP contribution < -0.4 is 11.3 Å². The van der Waals surface area contributed by atoms with Gasteiger partial charge in [0, 0.05) is 31.8 Å². The van der Waals surface area contributed by atoms with Gasteiger partial charge in [-0.1, -0.05) is 0 Å². The molecule has 19 heavy (non-hydrogen) atoms. The lowest BCUT2D eigenvalue weighted by molar-refractivity contribution is 0.526. The SMILES string of the molecule is Cc1nn(C)c(CC(NN)c2cnn(C)c2C)c1Br. The molecular formula is C12H19BrN6. The van der Waals surface area contributed by atoms with Crippen molar-refractivity contribution in [1.29, 1.82) is 0 Å². The minimum Gasteiger partial charge on any atom is -0.273 e. The van der Waals surface area contributed by atoms with Crippen LogP contribution >= 0.6 is 15.9 Å². The van der Waals surface area contributed by atoms with Crippen molar-refractivity contribution in [3.63, 3.8) is 0 Å². The van der Waals surface area contributed by atoms with Gasteiger partial charge in [-0.25, -0.2) is 0 Å². The van der Waals surface area contributed by atoms with E-state index >= 15 is 0 Å². The summed E-state index contributed by atoms with van der Waals surface area (Å²) in [5, 5.41) is 8.66. The Labute approximate surface area is 121 Å². The lowest BCUT2D eigenvalue weighted by Crippen LogP contribution is -2.30. The highest BCUT2D eigenvalue weighted by Crippen LogP contribution is 2.26. The predicted molar refractivity (Wildman–Crippen MR) is 77.4 cm³/mol. The maximum Gasteiger partial charge on any atom is 0.0738 e. The Hall–Kier alpha value is -1.18. The Morgan fingerprint density at radius 1 is 1.37 bits per heavy atom. The first-order valence-electron chi connectivity index (χ1n) is 6.08. The van der Waals surface area contributed by atoms with Crippen LogP contribution in [-0.4, -0.2) is 19.6 Å². The van der Waals surface area contributed by atoms with Gasteiger partial charge < -0.3 is 0 Å². The molecule has 0 aliphatic rings. The third-order valence-electron chi connectivity index (χ3n) is 3.51. The fourth-order valence-electron chi connectivity index (χ4n) is 2.21. The molecular weight excluding hydrogens is 308 g/mol. The zero-order valence-corrected chi connectivity index (χ0v) is 13.2. The molecule has 0 amide bonds. The summed E-state index contributed by atoms with van der Waals surface area (Å²) in [6.45, 7) is 4.02. The third-order valence-corrected chi connectivity index (χ3v) is 4.54. The first kappa shape index (κ1) is 14.2. The van der Waals surface area contributed by atoms with E-state index in [4.69, 9.17) is 5.84 Å². The molecule has 0 fully saturated rings. The Balaban J connectivity index is 2.32. The van der Waals surface area contributed by atoms with Crippen molar-refractivity contribution in [2.75, 3.05) is 0 Å². The molecule has 1 unspecified atom stereocenters. The summed E-state index contributed by atoms with van der Waals surface area (Å²) < 4.78 is 4.77. The van der Waals surface area contributed by atoms with Gasteiger partial charge in [-0.15, -0.1) is 0 Å². The Morgan fingerprint density at radius 3 is 2.47 bits per heavy atom. The average Bonchev–Trinajstić information content (AvgIpc) is 2.81. The van der Waals surface area contributed by atoms with E-state index in [2.05, 4.69) is 31.6 Å². The molecule has 2 heterocycles. The first-order valence-corrected chi connectivity index (χ1v) is 6.87. The zero-order valence-electron chi connectivity index (χ0n) is 11.6. The second-order valence-corrected chi connectivity index (χ2v) is 5.49. The van der Waals surface area contributed by atoms with Gasteiger partial charge in [0.25, 0.3) is 0 Å². The van der Waals surface area contributed by atoms with E-state index in [9.17, 15) is 0 Å². The van der Waals surface area contributed by atoms with E-state index in [1.54, 1.807) is 0 Å². The van der Waals surface area contributed by atoms with Gasteiger partial charge >= 0.3 is 0 Å². The third kappa shape index (κ3) is 2.58. The molecule has 2 aromatic rings. The van der Waals surface area contributed by atoms with Crippen molar-refractivity contribution in [2.24, 2.45) is 19.9 Å². The number of hydrogen-bond donors (Lipinski definition) is 2. The Kier molecular flexibility index (Phi) is 4.07. The van der Waals surface area contributed by atoms with E-state index < -0.39 is 0 Å². The second-order valence-electron chi connectivity index (χ2n) is 4.70. The number of halogens is 1. The van der Waals surface area contributed by atoms with E-state index in [-0.39, 0.29) is 6.04 Å². The van der Waals surface area contributed by atoms with Crippen molar-refractivity contribution in [3.8, 4) is 0 Å². The highest BCUT2D eigenvalue weighted by Gasteiger charge is 2.20. The van der Waals surface area contributed by atoms with Gasteiger partial charge in [0.1, 0.15) is 0 Å². The number of rotatable bonds is 4. The molecule has 0 bridgehead atoms. The van der Waals surface area contributed by atoms with E-state index in [1.165, 1.54) is 0 Å². The quantitative estimate of drug-likeness (QED) is 0.655. The molecule has 0 radical (unpaired) electrons. The lowest BCUT2D eigenvalue weighted by Gasteiger charge is -2.16. The number of nitrogens with zero attached hydrogens (tertiary/aromatic N) is 4. The molecule has 1 atom stereocenters. The molecule has 3 N–H and O–H groups in total. The number of nitrogens with two attached hydrogens (primary N) is 1. The van der Waals surface area contributed by atoms with Gasteiger partial charge in [0.05, 0.1) is 28.1 Å². The van der Waals surface area contributed by atoms with Gasteiger partial charge in [0.2, 0.25) is 0 Å². The minimum absolute atomic E-state index is 0.0137. The lowest BCUT2D eigenvalue weighted by atomic mass is 10.0. The number of hydrogen-bond acceptors (Lipinski definition) is 4. The summed E-state index contributed by atoms with van der Waals surface area (Å²) in [6.07, 6.45) is 2.61. The van der Waals surface area contributed by atoms with Crippen molar-refractivity contribution >= 4 is 15.9 Å². The summed E-state index contributed by atoms with van der Waals surface area (Å²) in [5.41, 5.74) is 7.18. The Bertz CT molecular complexity index is 585. The van der Waals surface area contributed by atoms with Crippen molar-refractivity contribution < 1.29 is 0 Å². The minimum atomic E-state index is 0.0137. The van der Waals surface area contributed by atoms with Crippen LogP contribution in [0.15, 0.2) is 10.7 Å². The largest absolute Gasteiger partial charge is 0.273 e. The van der Waals surface area contributed by atoms with Crippen molar-refractivity contribution in [1.82, 2.24) is 25.0 Å². The van der Waals surface area contributed by atoms with E-state index in [0.29, 0.717) is 0 Å². The molecule has 104 valence electrons. The molecule has 0 saturated carbocycles. The van der Waals surface area contributed by atoms with Gasteiger partial charge in [-0.3, -0.25) is 20.6 Å². The molecule has 6 nitrogen and oxygen atoms in total. The topological polar surface area (TPSA) is 73.7 Å². The normalized spacial score (nSPS) is 12.9. The van der Waals surface area contributed by atoms with Crippen LogP contribution in [0.4, 0.5) is 0 Å². The van der Waals surface area contributed by atoms with Crippen LogP contribution in [-0.2, 0) is 20.5 Å². The first-order chi connectivity index (χ1) is 8.95. The predicted octanol–water partition coefficient (Wildman–Crippen LogP) is 1.28. The second kappa shape index (κ2) is 5.44. The summed E-state index contributed by atoms with van der Waals surface area (Å²) in [5.74, 6) is 5.71. The van der Waals surface area contributed by atoms with Crippen LogP contribution in [0.2, 0.25) is 0 Å². The molecule has 0 aromatic carbocycles.